The highest BCUT2D eigenvalue weighted by atomic mass is 16.3. The summed E-state index contributed by atoms with van der Waals surface area (Å²) in [6.07, 6.45) is 1.56. The van der Waals surface area contributed by atoms with E-state index < -0.39 is 5.60 Å². The Labute approximate surface area is 99.8 Å². The van der Waals surface area contributed by atoms with Crippen LogP contribution in [0.4, 0.5) is 0 Å². The molecule has 1 N–H and O–H groups in total. The Balaban J connectivity index is 2.59. The van der Waals surface area contributed by atoms with Gasteiger partial charge in [-0.1, -0.05) is 36.4 Å². The minimum atomic E-state index is -1.66. The number of aromatic nitrogens is 1. The summed E-state index contributed by atoms with van der Waals surface area (Å²) in [6.45, 7) is 1.36. The molecule has 0 radical (unpaired) electrons. The molecular formula is C14H13NO2. The van der Waals surface area contributed by atoms with Crippen molar-refractivity contribution < 1.29 is 9.90 Å². The molecule has 0 aliphatic carbocycles. The van der Waals surface area contributed by atoms with E-state index in [1.165, 1.54) is 6.92 Å². The zero-order valence-electron chi connectivity index (χ0n) is 9.50. The monoisotopic (exact) mass is 227 g/mol. The molecule has 2 aromatic rings. The molecule has 1 atom stereocenters. The number of nitrogens with zero attached hydrogens (tertiary/aromatic N) is 1. The number of carbonyl (C=O) groups is 1. The van der Waals surface area contributed by atoms with Gasteiger partial charge in [0.05, 0.1) is 5.69 Å². The Morgan fingerprint density at radius 3 is 2.29 bits per heavy atom. The fourth-order valence-corrected chi connectivity index (χ4v) is 1.79. The van der Waals surface area contributed by atoms with Crippen LogP contribution in [0.1, 0.15) is 18.2 Å². The maximum absolute atomic E-state index is 11.8. The van der Waals surface area contributed by atoms with Gasteiger partial charge in [0.2, 0.25) is 0 Å². The first-order chi connectivity index (χ1) is 8.15. The van der Waals surface area contributed by atoms with E-state index in [0.29, 0.717) is 11.3 Å². The van der Waals surface area contributed by atoms with Crippen LogP contribution in [-0.4, -0.2) is 15.9 Å². The van der Waals surface area contributed by atoms with E-state index in [9.17, 15) is 9.90 Å². The van der Waals surface area contributed by atoms with E-state index in [-0.39, 0.29) is 5.78 Å². The van der Waals surface area contributed by atoms with Gasteiger partial charge in [0.25, 0.3) is 0 Å². The van der Waals surface area contributed by atoms with Crippen molar-refractivity contribution in [1.29, 1.82) is 0 Å². The van der Waals surface area contributed by atoms with Gasteiger partial charge in [0, 0.05) is 6.20 Å². The van der Waals surface area contributed by atoms with Crippen molar-refractivity contribution in [3.63, 3.8) is 0 Å². The van der Waals surface area contributed by atoms with Crippen molar-refractivity contribution in [2.75, 3.05) is 0 Å². The molecule has 3 nitrogen and oxygen atoms in total. The smallest absolute Gasteiger partial charge is 0.190 e. The van der Waals surface area contributed by atoms with Gasteiger partial charge in [-0.05, 0) is 24.6 Å². The molecule has 0 bridgehead atoms. The Bertz CT molecular complexity index is 469. The summed E-state index contributed by atoms with van der Waals surface area (Å²) < 4.78 is 0. The minimum Gasteiger partial charge on any atom is -0.372 e. The molecular weight excluding hydrogens is 214 g/mol. The number of ketones is 1. The molecule has 0 fully saturated rings. The van der Waals surface area contributed by atoms with Crippen LogP contribution in [0.3, 0.4) is 0 Å². The lowest BCUT2D eigenvalue weighted by atomic mass is 9.86. The first kappa shape index (κ1) is 11.5. The van der Waals surface area contributed by atoms with E-state index in [0.717, 1.165) is 0 Å². The molecule has 0 saturated heterocycles. The molecule has 3 heteroatoms. The minimum absolute atomic E-state index is 0.345. The predicted octanol–water partition coefficient (Wildman–Crippen LogP) is 1.91. The summed E-state index contributed by atoms with van der Waals surface area (Å²) in [5.41, 5.74) is -0.785. The lowest BCUT2D eigenvalue weighted by molar-refractivity contribution is -0.132. The van der Waals surface area contributed by atoms with Crippen LogP contribution in [0.15, 0.2) is 54.7 Å². The largest absolute Gasteiger partial charge is 0.372 e. The molecule has 17 heavy (non-hydrogen) atoms. The van der Waals surface area contributed by atoms with Crippen LogP contribution in [0, 0.1) is 0 Å². The van der Waals surface area contributed by atoms with E-state index in [4.69, 9.17) is 0 Å². The third-order valence-electron chi connectivity index (χ3n) is 2.74. The Morgan fingerprint density at radius 2 is 1.76 bits per heavy atom. The third kappa shape index (κ3) is 1.97. The van der Waals surface area contributed by atoms with Gasteiger partial charge in [-0.25, -0.2) is 0 Å². The van der Waals surface area contributed by atoms with Crippen LogP contribution >= 0.6 is 0 Å². The average molecular weight is 227 g/mol. The van der Waals surface area contributed by atoms with Gasteiger partial charge in [-0.3, -0.25) is 9.78 Å². The quantitative estimate of drug-likeness (QED) is 0.871. The van der Waals surface area contributed by atoms with Crippen molar-refractivity contribution in [3.8, 4) is 0 Å². The normalized spacial score (nSPS) is 14.0. The zero-order chi connectivity index (χ0) is 12.3. The van der Waals surface area contributed by atoms with Gasteiger partial charge in [0.15, 0.2) is 11.4 Å². The molecule has 1 heterocycles. The van der Waals surface area contributed by atoms with Crippen molar-refractivity contribution in [3.05, 3.63) is 66.0 Å². The van der Waals surface area contributed by atoms with Gasteiger partial charge < -0.3 is 5.11 Å². The first-order valence-corrected chi connectivity index (χ1v) is 5.36. The molecule has 0 aliphatic heterocycles. The second-order valence-electron chi connectivity index (χ2n) is 3.85. The van der Waals surface area contributed by atoms with E-state index >= 15 is 0 Å². The van der Waals surface area contributed by atoms with Gasteiger partial charge in [0.1, 0.15) is 0 Å². The molecule has 1 aromatic carbocycles. The zero-order valence-corrected chi connectivity index (χ0v) is 9.50. The van der Waals surface area contributed by atoms with Gasteiger partial charge in [-0.2, -0.15) is 0 Å². The van der Waals surface area contributed by atoms with Gasteiger partial charge >= 0.3 is 0 Å². The molecule has 0 saturated carbocycles. The number of hydrogen-bond acceptors (Lipinski definition) is 3. The summed E-state index contributed by atoms with van der Waals surface area (Å²) in [7, 11) is 0. The number of pyridine rings is 1. The lowest BCUT2D eigenvalue weighted by Gasteiger charge is -2.25. The topological polar surface area (TPSA) is 50.2 Å². The maximum Gasteiger partial charge on any atom is 0.190 e. The second kappa shape index (κ2) is 4.47. The van der Waals surface area contributed by atoms with Gasteiger partial charge in [-0.15, -0.1) is 0 Å². The molecule has 86 valence electrons. The van der Waals surface area contributed by atoms with Crippen molar-refractivity contribution in [2.45, 2.75) is 12.5 Å². The fourth-order valence-electron chi connectivity index (χ4n) is 1.79. The summed E-state index contributed by atoms with van der Waals surface area (Å²) in [4.78, 5) is 15.9. The Kier molecular flexibility index (Phi) is 3.02. The Hall–Kier alpha value is -2.00. The number of rotatable bonds is 3. The van der Waals surface area contributed by atoms with Crippen molar-refractivity contribution in [2.24, 2.45) is 0 Å². The van der Waals surface area contributed by atoms with E-state index in [1.807, 2.05) is 6.07 Å². The number of carbonyl (C=O) groups excluding carboxylic acids is 1. The lowest BCUT2D eigenvalue weighted by Crippen LogP contribution is -2.36. The first-order valence-electron chi connectivity index (χ1n) is 5.36. The molecule has 0 amide bonds. The highest BCUT2D eigenvalue weighted by Crippen LogP contribution is 2.28. The average Bonchev–Trinajstić information content (AvgIpc) is 2.39. The van der Waals surface area contributed by atoms with Crippen LogP contribution in [0.2, 0.25) is 0 Å². The summed E-state index contributed by atoms with van der Waals surface area (Å²) in [6, 6.07) is 14.0. The summed E-state index contributed by atoms with van der Waals surface area (Å²) in [5, 5.41) is 10.6. The molecule has 0 aliphatic rings. The Morgan fingerprint density at radius 1 is 1.12 bits per heavy atom. The number of aliphatic hydroxyl groups is 1. The molecule has 2 rings (SSSR count). The highest BCUT2D eigenvalue weighted by Gasteiger charge is 2.37. The summed E-state index contributed by atoms with van der Waals surface area (Å²) >= 11 is 0. The fraction of sp³-hybridized carbons (Fsp3) is 0.143. The van der Waals surface area contributed by atoms with Crippen LogP contribution in [-0.2, 0) is 10.4 Å². The number of benzene rings is 1. The molecule has 1 aromatic heterocycles. The third-order valence-corrected chi connectivity index (χ3v) is 2.74. The van der Waals surface area contributed by atoms with E-state index in [2.05, 4.69) is 4.98 Å². The SMILES string of the molecule is CC(=O)C(O)(c1ccccc1)c1ccccn1. The highest BCUT2D eigenvalue weighted by molar-refractivity contribution is 5.89. The standard InChI is InChI=1S/C14H13NO2/c1-11(16)14(17,12-7-3-2-4-8-12)13-9-5-6-10-15-13/h2-10,17H,1H3. The molecule has 0 spiro atoms. The van der Waals surface area contributed by atoms with Crippen LogP contribution in [0.5, 0.6) is 0 Å². The number of Topliss-reactive ketones (excluding diaryl/α,β-unsaturated/α-hetero) is 1. The second-order valence-corrected chi connectivity index (χ2v) is 3.85. The van der Waals surface area contributed by atoms with Crippen molar-refractivity contribution >= 4 is 5.78 Å². The van der Waals surface area contributed by atoms with E-state index in [1.54, 1.807) is 48.7 Å². The van der Waals surface area contributed by atoms with Crippen LogP contribution in [0.25, 0.3) is 0 Å². The van der Waals surface area contributed by atoms with Crippen molar-refractivity contribution in [1.82, 2.24) is 4.98 Å². The maximum atomic E-state index is 11.8. The number of hydrogen-bond donors (Lipinski definition) is 1. The van der Waals surface area contributed by atoms with Crippen LogP contribution < -0.4 is 0 Å². The predicted molar refractivity (Wildman–Crippen MR) is 64.4 cm³/mol. The molecule has 1 unspecified atom stereocenters. The summed E-state index contributed by atoms with van der Waals surface area (Å²) in [5.74, 6) is -0.345.